The molecule has 0 saturated carbocycles. The molecular weight excluding hydrogens is 302 g/mol. The molecule has 1 fully saturated rings. The molecule has 1 aliphatic carbocycles. The maximum atomic E-state index is 12.9. The third kappa shape index (κ3) is 3.03. The number of fused-ring (bicyclic) bond motifs is 1. The molecule has 1 N–H and O–H groups in total. The molecule has 1 amide bonds. The molecule has 2 aliphatic rings. The second kappa shape index (κ2) is 6.67. The van der Waals surface area contributed by atoms with Gasteiger partial charge in [0.15, 0.2) is 5.69 Å². The molecule has 0 radical (unpaired) electrons. The van der Waals surface area contributed by atoms with Crippen LogP contribution >= 0.6 is 0 Å². The first-order valence-corrected chi connectivity index (χ1v) is 8.88. The summed E-state index contributed by atoms with van der Waals surface area (Å²) in [5.74, 6) is 0.921. The number of aryl methyl sites for hydroxylation is 1. The van der Waals surface area contributed by atoms with Gasteiger partial charge in [0.1, 0.15) is 11.9 Å². The molecule has 1 saturated heterocycles. The quantitative estimate of drug-likeness (QED) is 0.944. The number of ether oxygens (including phenoxy) is 1. The number of carbonyl (C=O) groups excluding carboxylic acids is 1. The zero-order valence-corrected chi connectivity index (χ0v) is 13.8. The molecule has 2 heterocycles. The van der Waals surface area contributed by atoms with E-state index >= 15 is 0 Å². The van der Waals surface area contributed by atoms with E-state index in [0.717, 1.165) is 55.7 Å². The molecular formula is C19H23N3O2. The van der Waals surface area contributed by atoms with Crippen molar-refractivity contribution in [2.75, 3.05) is 13.1 Å². The molecule has 24 heavy (non-hydrogen) atoms. The van der Waals surface area contributed by atoms with E-state index in [9.17, 15) is 4.79 Å². The number of amides is 1. The van der Waals surface area contributed by atoms with Crippen LogP contribution in [0.2, 0.25) is 0 Å². The van der Waals surface area contributed by atoms with Gasteiger partial charge in [0, 0.05) is 17.8 Å². The summed E-state index contributed by atoms with van der Waals surface area (Å²) in [6, 6.07) is 9.84. The molecule has 0 bridgehead atoms. The van der Waals surface area contributed by atoms with Gasteiger partial charge in [0.2, 0.25) is 0 Å². The standard InChI is InChI=1S/C19H23N3O2/c23-19(18-16-10-4-5-11-17(16)20-21-18)22-12-6-9-15(13-22)24-14-7-2-1-3-8-14/h1-3,7-8,15H,4-6,9-13H2,(H,20,21). The SMILES string of the molecule is O=C(c1n[nH]c2c1CCCC2)N1CCCC(Oc2ccccc2)C1. The summed E-state index contributed by atoms with van der Waals surface area (Å²) < 4.78 is 6.04. The van der Waals surface area contributed by atoms with Gasteiger partial charge in [-0.25, -0.2) is 0 Å². The van der Waals surface area contributed by atoms with Crippen molar-refractivity contribution < 1.29 is 9.53 Å². The lowest BCUT2D eigenvalue weighted by Gasteiger charge is -2.32. The van der Waals surface area contributed by atoms with Crippen molar-refractivity contribution in [3.8, 4) is 5.75 Å². The fourth-order valence-electron chi connectivity index (χ4n) is 3.72. The fraction of sp³-hybridized carbons (Fsp3) is 0.474. The number of aromatic amines is 1. The van der Waals surface area contributed by atoms with E-state index in [2.05, 4.69) is 10.2 Å². The van der Waals surface area contributed by atoms with Crippen LogP contribution in [-0.4, -0.2) is 40.2 Å². The number of rotatable bonds is 3. The molecule has 1 aromatic heterocycles. The maximum absolute atomic E-state index is 12.9. The van der Waals surface area contributed by atoms with E-state index in [1.54, 1.807) is 0 Å². The summed E-state index contributed by atoms with van der Waals surface area (Å²) >= 11 is 0. The predicted octanol–water partition coefficient (Wildman–Crippen LogP) is 2.97. The third-order valence-electron chi connectivity index (χ3n) is 4.97. The van der Waals surface area contributed by atoms with Gasteiger partial charge >= 0.3 is 0 Å². The fourth-order valence-corrected chi connectivity index (χ4v) is 3.72. The van der Waals surface area contributed by atoms with Crippen LogP contribution in [0.3, 0.4) is 0 Å². The van der Waals surface area contributed by atoms with Gasteiger partial charge in [-0.05, 0) is 50.7 Å². The van der Waals surface area contributed by atoms with E-state index in [1.165, 1.54) is 6.42 Å². The average molecular weight is 325 g/mol. The minimum atomic E-state index is 0.0516. The number of H-pyrrole nitrogens is 1. The summed E-state index contributed by atoms with van der Waals surface area (Å²) in [5, 5.41) is 7.39. The number of nitrogens with zero attached hydrogens (tertiary/aromatic N) is 2. The Hall–Kier alpha value is -2.30. The molecule has 4 rings (SSSR count). The third-order valence-corrected chi connectivity index (χ3v) is 4.97. The van der Waals surface area contributed by atoms with Crippen LogP contribution in [0.1, 0.15) is 47.4 Å². The van der Waals surface area contributed by atoms with Crippen molar-refractivity contribution in [1.82, 2.24) is 15.1 Å². The first-order valence-electron chi connectivity index (χ1n) is 8.88. The smallest absolute Gasteiger partial charge is 0.274 e. The highest BCUT2D eigenvalue weighted by Crippen LogP contribution is 2.25. The number of hydrogen-bond acceptors (Lipinski definition) is 3. The number of hydrogen-bond donors (Lipinski definition) is 1. The number of benzene rings is 1. The monoisotopic (exact) mass is 325 g/mol. The van der Waals surface area contributed by atoms with Gasteiger partial charge in [-0.1, -0.05) is 18.2 Å². The highest BCUT2D eigenvalue weighted by atomic mass is 16.5. The van der Waals surface area contributed by atoms with E-state index in [0.29, 0.717) is 12.2 Å². The van der Waals surface area contributed by atoms with Gasteiger partial charge in [-0.15, -0.1) is 0 Å². The lowest BCUT2D eigenvalue weighted by atomic mass is 9.95. The Bertz CT molecular complexity index is 711. The van der Waals surface area contributed by atoms with E-state index in [4.69, 9.17) is 4.74 Å². The normalized spacial score (nSPS) is 20.5. The molecule has 5 nitrogen and oxygen atoms in total. The molecule has 126 valence electrons. The Morgan fingerprint density at radius 1 is 1.17 bits per heavy atom. The summed E-state index contributed by atoms with van der Waals surface area (Å²) in [6.07, 6.45) is 6.30. The predicted molar refractivity (Wildman–Crippen MR) is 91.2 cm³/mol. The Morgan fingerprint density at radius 2 is 2.00 bits per heavy atom. The number of likely N-dealkylation sites (tertiary alicyclic amines) is 1. The Balaban J connectivity index is 1.46. The van der Waals surface area contributed by atoms with Crippen molar-refractivity contribution in [2.45, 2.75) is 44.6 Å². The van der Waals surface area contributed by atoms with Crippen LogP contribution in [0.15, 0.2) is 30.3 Å². The number of carbonyl (C=O) groups is 1. The summed E-state index contributed by atoms with van der Waals surface area (Å²) in [5.41, 5.74) is 2.92. The van der Waals surface area contributed by atoms with Crippen LogP contribution in [0.4, 0.5) is 0 Å². The van der Waals surface area contributed by atoms with Crippen LogP contribution in [0.5, 0.6) is 5.75 Å². The van der Waals surface area contributed by atoms with Crippen molar-refractivity contribution in [2.24, 2.45) is 0 Å². The van der Waals surface area contributed by atoms with E-state index in [-0.39, 0.29) is 12.0 Å². The first kappa shape index (κ1) is 15.2. The van der Waals surface area contributed by atoms with Crippen LogP contribution < -0.4 is 4.74 Å². The van der Waals surface area contributed by atoms with E-state index in [1.807, 2.05) is 35.2 Å². The largest absolute Gasteiger partial charge is 0.489 e. The first-order chi connectivity index (χ1) is 11.8. The van der Waals surface area contributed by atoms with Crippen LogP contribution in [-0.2, 0) is 12.8 Å². The zero-order valence-electron chi connectivity index (χ0n) is 13.8. The summed E-state index contributed by atoms with van der Waals surface area (Å²) in [6.45, 7) is 1.42. The lowest BCUT2D eigenvalue weighted by molar-refractivity contribution is 0.0531. The number of para-hydroxylation sites is 1. The van der Waals surface area contributed by atoms with Gasteiger partial charge in [-0.2, -0.15) is 5.10 Å². The Kier molecular flexibility index (Phi) is 4.24. The minimum Gasteiger partial charge on any atom is -0.489 e. The molecule has 0 spiro atoms. The number of aromatic nitrogens is 2. The van der Waals surface area contributed by atoms with Gasteiger partial charge < -0.3 is 9.64 Å². The second-order valence-electron chi connectivity index (χ2n) is 6.68. The molecule has 2 aromatic rings. The second-order valence-corrected chi connectivity index (χ2v) is 6.68. The van der Waals surface area contributed by atoms with Crippen molar-refractivity contribution in [1.29, 1.82) is 0 Å². The number of nitrogens with one attached hydrogen (secondary N) is 1. The van der Waals surface area contributed by atoms with E-state index < -0.39 is 0 Å². The topological polar surface area (TPSA) is 58.2 Å². The van der Waals surface area contributed by atoms with Crippen molar-refractivity contribution in [3.63, 3.8) is 0 Å². The van der Waals surface area contributed by atoms with Crippen molar-refractivity contribution in [3.05, 3.63) is 47.3 Å². The average Bonchev–Trinajstić information content (AvgIpc) is 3.06. The molecule has 1 atom stereocenters. The minimum absolute atomic E-state index is 0.0516. The number of piperidine rings is 1. The molecule has 5 heteroatoms. The van der Waals surface area contributed by atoms with Gasteiger partial charge in [0.25, 0.3) is 5.91 Å². The summed E-state index contributed by atoms with van der Waals surface area (Å²) in [4.78, 5) is 14.8. The maximum Gasteiger partial charge on any atom is 0.274 e. The summed E-state index contributed by atoms with van der Waals surface area (Å²) in [7, 11) is 0. The molecule has 1 aliphatic heterocycles. The Labute approximate surface area is 142 Å². The van der Waals surface area contributed by atoms with Gasteiger partial charge in [0.05, 0.1) is 6.54 Å². The molecule has 1 aromatic carbocycles. The van der Waals surface area contributed by atoms with Crippen molar-refractivity contribution >= 4 is 5.91 Å². The van der Waals surface area contributed by atoms with Crippen LogP contribution in [0.25, 0.3) is 0 Å². The lowest BCUT2D eigenvalue weighted by Crippen LogP contribution is -2.44. The highest BCUT2D eigenvalue weighted by Gasteiger charge is 2.30. The zero-order chi connectivity index (χ0) is 16.4. The molecule has 1 unspecified atom stereocenters. The highest BCUT2D eigenvalue weighted by molar-refractivity contribution is 5.94. The Morgan fingerprint density at radius 3 is 2.88 bits per heavy atom. The van der Waals surface area contributed by atoms with Gasteiger partial charge in [-0.3, -0.25) is 9.89 Å². The van der Waals surface area contributed by atoms with Crippen LogP contribution in [0, 0.1) is 0 Å².